The van der Waals surface area contributed by atoms with E-state index in [0.29, 0.717) is 30.0 Å². The van der Waals surface area contributed by atoms with Crippen LogP contribution in [-0.2, 0) is 21.8 Å². The minimum atomic E-state index is -0.567. The van der Waals surface area contributed by atoms with E-state index in [0.717, 1.165) is 5.56 Å². The van der Waals surface area contributed by atoms with Crippen molar-refractivity contribution < 1.29 is 14.0 Å². The van der Waals surface area contributed by atoms with Gasteiger partial charge in [0.2, 0.25) is 11.8 Å². The number of benzene rings is 2. The second-order valence-electron chi connectivity index (χ2n) is 8.68. The standard InChI is InChI=1S/C25H32ClFN2O2S/c1-5-22(24(31)28-25(2,3)4)29(15-14-18-10-7-6-8-11-18)23(30)17-32-16-19-20(26)12-9-13-21(19)27/h6-13,22H,5,14-17H2,1-4H3,(H,28,31). The number of hydrogen-bond acceptors (Lipinski definition) is 3. The second-order valence-corrected chi connectivity index (χ2v) is 10.1. The highest BCUT2D eigenvalue weighted by Crippen LogP contribution is 2.24. The quantitative estimate of drug-likeness (QED) is 0.492. The van der Waals surface area contributed by atoms with Crippen LogP contribution in [0.15, 0.2) is 48.5 Å². The molecule has 1 unspecified atom stereocenters. The number of hydrogen-bond donors (Lipinski definition) is 1. The molecule has 2 aromatic carbocycles. The molecule has 0 saturated heterocycles. The van der Waals surface area contributed by atoms with E-state index in [1.165, 1.54) is 17.8 Å². The van der Waals surface area contributed by atoms with Crippen LogP contribution >= 0.6 is 23.4 Å². The van der Waals surface area contributed by atoms with Crippen LogP contribution in [0.5, 0.6) is 0 Å². The molecule has 0 aliphatic carbocycles. The third-order valence-corrected chi connectivity index (χ3v) is 6.20. The lowest BCUT2D eigenvalue weighted by Gasteiger charge is -2.33. The lowest BCUT2D eigenvalue weighted by atomic mass is 10.1. The molecule has 7 heteroatoms. The van der Waals surface area contributed by atoms with Crippen molar-refractivity contribution in [3.05, 3.63) is 70.5 Å². The number of rotatable bonds is 10. The summed E-state index contributed by atoms with van der Waals surface area (Å²) in [7, 11) is 0. The van der Waals surface area contributed by atoms with Crippen molar-refractivity contribution in [3.63, 3.8) is 0 Å². The van der Waals surface area contributed by atoms with Gasteiger partial charge in [0.1, 0.15) is 11.9 Å². The summed E-state index contributed by atoms with van der Waals surface area (Å²) < 4.78 is 14.0. The molecule has 0 aliphatic rings. The topological polar surface area (TPSA) is 49.4 Å². The fraction of sp³-hybridized carbons (Fsp3) is 0.440. The van der Waals surface area contributed by atoms with Gasteiger partial charge in [-0.05, 0) is 51.3 Å². The van der Waals surface area contributed by atoms with Crippen molar-refractivity contribution in [1.82, 2.24) is 10.2 Å². The van der Waals surface area contributed by atoms with Gasteiger partial charge in [-0.2, -0.15) is 0 Å². The van der Waals surface area contributed by atoms with E-state index in [1.54, 1.807) is 17.0 Å². The van der Waals surface area contributed by atoms with Crippen LogP contribution in [0, 0.1) is 5.82 Å². The summed E-state index contributed by atoms with van der Waals surface area (Å²) in [6, 6.07) is 13.9. The van der Waals surface area contributed by atoms with Crippen molar-refractivity contribution in [2.45, 2.75) is 57.9 Å². The number of nitrogens with zero attached hydrogens (tertiary/aromatic N) is 1. The molecule has 1 N–H and O–H groups in total. The summed E-state index contributed by atoms with van der Waals surface area (Å²) >= 11 is 7.40. The largest absolute Gasteiger partial charge is 0.350 e. The highest BCUT2D eigenvalue weighted by atomic mass is 35.5. The average molecular weight is 479 g/mol. The molecule has 0 bridgehead atoms. The predicted octanol–water partition coefficient (Wildman–Crippen LogP) is 5.48. The summed E-state index contributed by atoms with van der Waals surface area (Å²) in [5.41, 5.74) is 1.09. The van der Waals surface area contributed by atoms with Gasteiger partial charge in [0, 0.05) is 28.4 Å². The Labute approximate surface area is 199 Å². The van der Waals surface area contributed by atoms with Crippen molar-refractivity contribution in [2.75, 3.05) is 12.3 Å². The lowest BCUT2D eigenvalue weighted by molar-refractivity contribution is -0.139. The highest BCUT2D eigenvalue weighted by molar-refractivity contribution is 7.99. The van der Waals surface area contributed by atoms with E-state index in [4.69, 9.17) is 11.6 Å². The molecule has 2 amide bonds. The van der Waals surface area contributed by atoms with Crippen LogP contribution in [-0.4, -0.2) is 40.6 Å². The van der Waals surface area contributed by atoms with Crippen molar-refractivity contribution in [1.29, 1.82) is 0 Å². The molecule has 2 aromatic rings. The zero-order chi connectivity index (χ0) is 23.7. The van der Waals surface area contributed by atoms with Crippen LogP contribution in [0.4, 0.5) is 4.39 Å². The smallest absolute Gasteiger partial charge is 0.243 e. The maximum Gasteiger partial charge on any atom is 0.243 e. The van der Waals surface area contributed by atoms with E-state index >= 15 is 0 Å². The Balaban J connectivity index is 2.12. The maximum absolute atomic E-state index is 14.0. The van der Waals surface area contributed by atoms with Crippen molar-refractivity contribution >= 4 is 35.2 Å². The van der Waals surface area contributed by atoms with E-state index in [1.807, 2.05) is 58.0 Å². The molecule has 0 radical (unpaired) electrons. The fourth-order valence-corrected chi connectivity index (χ4v) is 4.59. The van der Waals surface area contributed by atoms with Gasteiger partial charge in [-0.1, -0.05) is 54.9 Å². The van der Waals surface area contributed by atoms with Crippen LogP contribution in [0.25, 0.3) is 0 Å². The van der Waals surface area contributed by atoms with Gasteiger partial charge in [-0.3, -0.25) is 9.59 Å². The molecule has 174 valence electrons. The number of amides is 2. The van der Waals surface area contributed by atoms with Crippen LogP contribution in [0.2, 0.25) is 5.02 Å². The minimum Gasteiger partial charge on any atom is -0.350 e. The SMILES string of the molecule is CCC(C(=O)NC(C)(C)C)N(CCc1ccccc1)C(=O)CSCc1c(F)cccc1Cl. The molecule has 0 aliphatic heterocycles. The molecule has 0 spiro atoms. The van der Waals surface area contributed by atoms with Gasteiger partial charge in [-0.15, -0.1) is 11.8 Å². The fourth-order valence-electron chi connectivity index (χ4n) is 3.34. The Bertz CT molecular complexity index is 882. The predicted molar refractivity (Wildman–Crippen MR) is 131 cm³/mol. The molecule has 32 heavy (non-hydrogen) atoms. The first-order valence-electron chi connectivity index (χ1n) is 10.8. The highest BCUT2D eigenvalue weighted by Gasteiger charge is 2.30. The number of thioether (sulfide) groups is 1. The van der Waals surface area contributed by atoms with Crippen LogP contribution in [0.1, 0.15) is 45.2 Å². The summed E-state index contributed by atoms with van der Waals surface area (Å²) in [4.78, 5) is 27.8. The van der Waals surface area contributed by atoms with E-state index in [9.17, 15) is 14.0 Å². The third kappa shape index (κ3) is 8.14. The number of carbonyl (C=O) groups excluding carboxylic acids is 2. The van der Waals surface area contributed by atoms with Crippen molar-refractivity contribution in [2.24, 2.45) is 0 Å². The Hall–Kier alpha value is -2.05. The van der Waals surface area contributed by atoms with Gasteiger partial charge in [0.25, 0.3) is 0 Å². The van der Waals surface area contributed by atoms with Gasteiger partial charge in [-0.25, -0.2) is 4.39 Å². The summed E-state index contributed by atoms with van der Waals surface area (Å²) in [5.74, 6) is -0.264. The Morgan fingerprint density at radius 1 is 1.12 bits per heavy atom. The molecular formula is C25H32ClFN2O2S. The summed E-state index contributed by atoms with van der Waals surface area (Å²) in [6.45, 7) is 8.09. The zero-order valence-corrected chi connectivity index (χ0v) is 20.7. The molecule has 0 aromatic heterocycles. The number of halogens is 2. The van der Waals surface area contributed by atoms with Gasteiger partial charge in [0.05, 0.1) is 5.75 Å². The van der Waals surface area contributed by atoms with Gasteiger partial charge < -0.3 is 10.2 Å². The summed E-state index contributed by atoms with van der Waals surface area (Å²) in [6.07, 6.45) is 1.15. The van der Waals surface area contributed by atoms with Gasteiger partial charge >= 0.3 is 0 Å². The second kappa shape index (κ2) is 12.3. The first kappa shape index (κ1) is 26.2. The Kier molecular flexibility index (Phi) is 10.0. The zero-order valence-electron chi connectivity index (χ0n) is 19.2. The first-order valence-corrected chi connectivity index (χ1v) is 12.3. The normalized spacial score (nSPS) is 12.3. The average Bonchev–Trinajstić information content (AvgIpc) is 2.72. The number of nitrogens with one attached hydrogen (secondary N) is 1. The van der Waals surface area contributed by atoms with E-state index in [-0.39, 0.29) is 29.1 Å². The molecule has 2 rings (SSSR count). The Morgan fingerprint density at radius 3 is 2.41 bits per heavy atom. The molecule has 1 atom stereocenters. The number of carbonyl (C=O) groups is 2. The lowest BCUT2D eigenvalue weighted by Crippen LogP contribution is -2.54. The molecule has 4 nitrogen and oxygen atoms in total. The molecule has 0 saturated carbocycles. The van der Waals surface area contributed by atoms with E-state index < -0.39 is 11.6 Å². The molecule has 0 heterocycles. The van der Waals surface area contributed by atoms with E-state index in [2.05, 4.69) is 5.32 Å². The van der Waals surface area contributed by atoms with Crippen molar-refractivity contribution in [3.8, 4) is 0 Å². The maximum atomic E-state index is 14.0. The molecular weight excluding hydrogens is 447 g/mol. The monoisotopic (exact) mass is 478 g/mol. The first-order chi connectivity index (χ1) is 15.1. The third-order valence-electron chi connectivity index (χ3n) is 4.90. The van der Waals surface area contributed by atoms with Gasteiger partial charge in [0.15, 0.2) is 0 Å². The Morgan fingerprint density at radius 2 is 1.81 bits per heavy atom. The minimum absolute atomic E-state index is 0.138. The summed E-state index contributed by atoms with van der Waals surface area (Å²) in [5, 5.41) is 3.34. The van der Waals surface area contributed by atoms with Crippen LogP contribution < -0.4 is 5.32 Å². The molecule has 0 fully saturated rings. The van der Waals surface area contributed by atoms with Crippen LogP contribution in [0.3, 0.4) is 0 Å².